The first kappa shape index (κ1) is 7.39. The van der Waals surface area contributed by atoms with Crippen LogP contribution in [-0.4, -0.2) is 7.05 Å². The summed E-state index contributed by atoms with van der Waals surface area (Å²) in [4.78, 5) is 0. The third kappa shape index (κ3) is 1.41. The number of rotatable bonds is 2. The minimum absolute atomic E-state index is 1.15. The van der Waals surface area contributed by atoms with E-state index in [0.717, 1.165) is 6.42 Å². The van der Waals surface area contributed by atoms with Crippen molar-refractivity contribution in [2.24, 2.45) is 0 Å². The second-order valence-electron chi connectivity index (χ2n) is 2.53. The Balaban J connectivity index is 2.67. The lowest BCUT2D eigenvalue weighted by Crippen LogP contribution is -2.09. The maximum Gasteiger partial charge on any atom is 0.0326 e. The van der Waals surface area contributed by atoms with Crippen molar-refractivity contribution in [3.63, 3.8) is 0 Å². The van der Waals surface area contributed by atoms with E-state index in [0.29, 0.717) is 0 Å². The SMILES string of the molecule is CCC1=CCCC=C1NC. The van der Waals surface area contributed by atoms with Crippen molar-refractivity contribution in [2.45, 2.75) is 26.2 Å². The normalized spacial score (nSPS) is 17.8. The lowest BCUT2D eigenvalue weighted by Gasteiger charge is -2.13. The van der Waals surface area contributed by atoms with Crippen molar-refractivity contribution in [1.82, 2.24) is 5.32 Å². The van der Waals surface area contributed by atoms with Gasteiger partial charge in [0.05, 0.1) is 0 Å². The second kappa shape index (κ2) is 3.45. The Labute approximate surface area is 62.8 Å². The van der Waals surface area contributed by atoms with Crippen molar-refractivity contribution >= 4 is 0 Å². The number of nitrogens with one attached hydrogen (secondary N) is 1. The highest BCUT2D eigenvalue weighted by Gasteiger charge is 2.03. The van der Waals surface area contributed by atoms with E-state index in [-0.39, 0.29) is 0 Å². The Morgan fingerprint density at radius 1 is 1.40 bits per heavy atom. The Hall–Kier alpha value is -0.720. The first-order valence-corrected chi connectivity index (χ1v) is 3.95. The van der Waals surface area contributed by atoms with Gasteiger partial charge in [0, 0.05) is 12.7 Å². The van der Waals surface area contributed by atoms with Gasteiger partial charge in [0.2, 0.25) is 0 Å². The molecule has 0 heterocycles. The predicted octanol–water partition coefficient (Wildman–Crippen LogP) is 2.22. The molecule has 0 fully saturated rings. The lowest BCUT2D eigenvalue weighted by atomic mass is 10.0. The third-order valence-electron chi connectivity index (χ3n) is 1.90. The molecule has 0 spiro atoms. The molecule has 0 saturated heterocycles. The van der Waals surface area contributed by atoms with Crippen LogP contribution in [0.25, 0.3) is 0 Å². The first-order valence-electron chi connectivity index (χ1n) is 3.95. The predicted molar refractivity (Wildman–Crippen MR) is 44.8 cm³/mol. The molecule has 1 heteroatoms. The molecule has 0 amide bonds. The lowest BCUT2D eigenvalue weighted by molar-refractivity contribution is 0.876. The van der Waals surface area contributed by atoms with Crippen LogP contribution in [-0.2, 0) is 0 Å². The molecule has 1 N–H and O–H groups in total. The third-order valence-corrected chi connectivity index (χ3v) is 1.90. The summed E-state index contributed by atoms with van der Waals surface area (Å²) in [5.74, 6) is 0. The average Bonchev–Trinajstić information content (AvgIpc) is 2.04. The summed E-state index contributed by atoms with van der Waals surface area (Å²) < 4.78 is 0. The molecule has 0 aromatic carbocycles. The highest BCUT2D eigenvalue weighted by atomic mass is 14.8. The fraction of sp³-hybridized carbons (Fsp3) is 0.556. The van der Waals surface area contributed by atoms with Gasteiger partial charge in [0.25, 0.3) is 0 Å². The van der Waals surface area contributed by atoms with Crippen LogP contribution in [0.15, 0.2) is 23.4 Å². The minimum atomic E-state index is 1.15. The Kier molecular flexibility index (Phi) is 2.55. The van der Waals surface area contributed by atoms with E-state index in [9.17, 15) is 0 Å². The largest absolute Gasteiger partial charge is 0.388 e. The Morgan fingerprint density at radius 3 is 2.60 bits per heavy atom. The van der Waals surface area contributed by atoms with Gasteiger partial charge in [0.1, 0.15) is 0 Å². The molecule has 0 aromatic rings. The zero-order valence-electron chi connectivity index (χ0n) is 6.78. The maximum absolute atomic E-state index is 3.20. The van der Waals surface area contributed by atoms with E-state index < -0.39 is 0 Å². The van der Waals surface area contributed by atoms with Gasteiger partial charge in [0.15, 0.2) is 0 Å². The summed E-state index contributed by atoms with van der Waals surface area (Å²) in [5.41, 5.74) is 2.79. The zero-order valence-corrected chi connectivity index (χ0v) is 6.78. The average molecular weight is 137 g/mol. The summed E-state index contributed by atoms with van der Waals surface area (Å²) in [6.45, 7) is 2.20. The molecule has 0 aromatic heterocycles. The molecule has 0 aliphatic heterocycles. The van der Waals surface area contributed by atoms with Gasteiger partial charge in [-0.3, -0.25) is 0 Å². The molecule has 1 rings (SSSR count). The molecule has 56 valence electrons. The molecule has 0 unspecified atom stereocenters. The van der Waals surface area contributed by atoms with Crippen molar-refractivity contribution in [1.29, 1.82) is 0 Å². The summed E-state index contributed by atoms with van der Waals surface area (Å²) in [7, 11) is 1.99. The van der Waals surface area contributed by atoms with Gasteiger partial charge < -0.3 is 5.32 Å². The molecule has 0 atom stereocenters. The zero-order chi connectivity index (χ0) is 7.40. The molecule has 0 bridgehead atoms. The molecule has 1 aliphatic rings. The van der Waals surface area contributed by atoms with Crippen molar-refractivity contribution < 1.29 is 0 Å². The van der Waals surface area contributed by atoms with Crippen LogP contribution in [0.3, 0.4) is 0 Å². The fourth-order valence-electron chi connectivity index (χ4n) is 1.32. The molecule has 0 saturated carbocycles. The molecule has 1 aliphatic carbocycles. The van der Waals surface area contributed by atoms with Crippen LogP contribution in [0.2, 0.25) is 0 Å². The summed E-state index contributed by atoms with van der Waals surface area (Å²) in [6, 6.07) is 0. The van der Waals surface area contributed by atoms with E-state index in [1.807, 2.05) is 7.05 Å². The van der Waals surface area contributed by atoms with E-state index in [1.54, 1.807) is 0 Å². The van der Waals surface area contributed by atoms with E-state index >= 15 is 0 Å². The quantitative estimate of drug-likeness (QED) is 0.615. The minimum Gasteiger partial charge on any atom is -0.388 e. The van der Waals surface area contributed by atoms with Gasteiger partial charge in [-0.05, 0) is 24.8 Å². The number of likely N-dealkylation sites (N-methyl/N-ethyl adjacent to an activating group) is 1. The van der Waals surface area contributed by atoms with Gasteiger partial charge in [-0.15, -0.1) is 0 Å². The maximum atomic E-state index is 3.20. The number of allylic oxidation sites excluding steroid dienone is 3. The summed E-state index contributed by atoms with van der Waals surface area (Å²) in [6.07, 6.45) is 8.16. The monoisotopic (exact) mass is 137 g/mol. The summed E-state index contributed by atoms with van der Waals surface area (Å²) >= 11 is 0. The van der Waals surface area contributed by atoms with Crippen LogP contribution < -0.4 is 5.32 Å². The van der Waals surface area contributed by atoms with Crippen LogP contribution in [0.4, 0.5) is 0 Å². The molecule has 1 nitrogen and oxygen atoms in total. The first-order chi connectivity index (χ1) is 4.88. The van der Waals surface area contributed by atoms with Gasteiger partial charge in [-0.2, -0.15) is 0 Å². The molecular weight excluding hydrogens is 122 g/mol. The van der Waals surface area contributed by atoms with Gasteiger partial charge in [-0.1, -0.05) is 19.1 Å². The smallest absolute Gasteiger partial charge is 0.0326 e. The molecule has 10 heavy (non-hydrogen) atoms. The van der Waals surface area contributed by atoms with E-state index in [4.69, 9.17) is 0 Å². The van der Waals surface area contributed by atoms with Crippen molar-refractivity contribution in [3.8, 4) is 0 Å². The number of hydrogen-bond acceptors (Lipinski definition) is 1. The highest BCUT2D eigenvalue weighted by molar-refractivity contribution is 5.31. The van der Waals surface area contributed by atoms with Crippen LogP contribution in [0.5, 0.6) is 0 Å². The standard InChI is InChI=1S/C9H15N/c1-3-8-6-4-5-7-9(8)10-2/h6-7,10H,3-5H2,1-2H3. The Bertz CT molecular complexity index is 146. The van der Waals surface area contributed by atoms with Crippen LogP contribution in [0, 0.1) is 0 Å². The number of hydrogen-bond donors (Lipinski definition) is 1. The van der Waals surface area contributed by atoms with Crippen molar-refractivity contribution in [2.75, 3.05) is 7.05 Å². The van der Waals surface area contributed by atoms with Crippen LogP contribution >= 0.6 is 0 Å². The topological polar surface area (TPSA) is 12.0 Å². The van der Waals surface area contributed by atoms with Gasteiger partial charge >= 0.3 is 0 Å². The highest BCUT2D eigenvalue weighted by Crippen LogP contribution is 2.18. The van der Waals surface area contributed by atoms with E-state index in [1.165, 1.54) is 24.1 Å². The van der Waals surface area contributed by atoms with Crippen molar-refractivity contribution in [3.05, 3.63) is 23.4 Å². The van der Waals surface area contributed by atoms with Crippen LogP contribution in [0.1, 0.15) is 26.2 Å². The molecule has 0 radical (unpaired) electrons. The van der Waals surface area contributed by atoms with Gasteiger partial charge in [-0.25, -0.2) is 0 Å². The Morgan fingerprint density at radius 2 is 2.10 bits per heavy atom. The molecular formula is C9H15N. The van der Waals surface area contributed by atoms with E-state index in [2.05, 4.69) is 24.4 Å². The fourth-order valence-corrected chi connectivity index (χ4v) is 1.32. The summed E-state index contributed by atoms with van der Waals surface area (Å²) in [5, 5.41) is 3.20. The second-order valence-corrected chi connectivity index (χ2v) is 2.53.